The van der Waals surface area contributed by atoms with E-state index in [1.165, 1.54) is 11.3 Å². The van der Waals surface area contributed by atoms with Crippen LogP contribution in [0.15, 0.2) is 48.5 Å². The molecule has 0 atom stereocenters. The van der Waals surface area contributed by atoms with Crippen LogP contribution >= 0.6 is 22.9 Å². The summed E-state index contributed by atoms with van der Waals surface area (Å²) in [5, 5.41) is 3.84. The normalized spacial score (nSPS) is 10.5. The smallest absolute Gasteiger partial charge is 0.341 e. The second-order valence-corrected chi connectivity index (χ2v) is 8.28. The molecule has 2 aromatic carbocycles. The van der Waals surface area contributed by atoms with E-state index < -0.39 is 5.97 Å². The highest BCUT2D eigenvalue weighted by Gasteiger charge is 2.25. The van der Waals surface area contributed by atoms with Crippen LogP contribution in [0.1, 0.15) is 27.7 Å². The van der Waals surface area contributed by atoms with Crippen molar-refractivity contribution in [1.82, 2.24) is 0 Å². The van der Waals surface area contributed by atoms with Crippen LogP contribution in [-0.2, 0) is 9.53 Å². The number of amides is 1. The van der Waals surface area contributed by atoms with E-state index in [4.69, 9.17) is 21.1 Å². The molecule has 0 spiro atoms. The first-order valence-corrected chi connectivity index (χ1v) is 10.6. The molecule has 0 aliphatic carbocycles. The number of nitrogens with one attached hydrogen (secondary N) is 1. The predicted octanol–water partition coefficient (Wildman–Crippen LogP) is 5.88. The highest BCUT2D eigenvalue weighted by molar-refractivity contribution is 7.17. The van der Waals surface area contributed by atoms with E-state index in [2.05, 4.69) is 5.32 Å². The van der Waals surface area contributed by atoms with Crippen molar-refractivity contribution in [2.75, 3.05) is 18.5 Å². The van der Waals surface area contributed by atoms with Crippen molar-refractivity contribution in [3.8, 4) is 16.9 Å². The third kappa shape index (κ3) is 5.20. The lowest BCUT2D eigenvalue weighted by molar-refractivity contribution is -0.118. The highest BCUT2D eigenvalue weighted by Crippen LogP contribution is 2.40. The van der Waals surface area contributed by atoms with Crippen molar-refractivity contribution in [2.45, 2.75) is 20.8 Å². The Labute approximate surface area is 184 Å². The summed E-state index contributed by atoms with van der Waals surface area (Å²) >= 11 is 7.32. The molecule has 0 aliphatic rings. The minimum atomic E-state index is -0.485. The van der Waals surface area contributed by atoms with Crippen LogP contribution in [0, 0.1) is 13.8 Å². The summed E-state index contributed by atoms with van der Waals surface area (Å²) in [6, 6.07) is 14.6. The maximum atomic E-state index is 12.7. The molecule has 7 heteroatoms. The number of halogens is 1. The summed E-state index contributed by atoms with van der Waals surface area (Å²) < 4.78 is 10.8. The Kier molecular flexibility index (Phi) is 7.13. The van der Waals surface area contributed by atoms with Gasteiger partial charge >= 0.3 is 5.97 Å². The van der Waals surface area contributed by atoms with Gasteiger partial charge in [0, 0.05) is 15.5 Å². The zero-order valence-corrected chi connectivity index (χ0v) is 18.5. The Morgan fingerprint density at radius 3 is 2.33 bits per heavy atom. The predicted molar refractivity (Wildman–Crippen MR) is 121 cm³/mol. The molecule has 156 valence electrons. The van der Waals surface area contributed by atoms with Gasteiger partial charge in [0.2, 0.25) is 0 Å². The van der Waals surface area contributed by atoms with Crippen LogP contribution in [0.2, 0.25) is 5.02 Å². The zero-order valence-electron chi connectivity index (χ0n) is 17.0. The Morgan fingerprint density at radius 2 is 1.70 bits per heavy atom. The van der Waals surface area contributed by atoms with E-state index in [1.807, 2.05) is 38.1 Å². The number of hydrogen-bond acceptors (Lipinski definition) is 5. The van der Waals surface area contributed by atoms with Crippen LogP contribution in [0.5, 0.6) is 5.75 Å². The number of esters is 1. The SMILES string of the molecule is CCOC(=O)c1c(NC(=O)COc2ccc(C)cc2)sc(C)c1-c1ccc(Cl)cc1. The average Bonchev–Trinajstić information content (AvgIpc) is 3.04. The van der Waals surface area contributed by atoms with E-state index in [0.29, 0.717) is 21.3 Å². The molecule has 3 aromatic rings. The Hall–Kier alpha value is -2.83. The highest BCUT2D eigenvalue weighted by atomic mass is 35.5. The first kappa shape index (κ1) is 21.9. The fraction of sp³-hybridized carbons (Fsp3) is 0.217. The molecule has 0 radical (unpaired) electrons. The van der Waals surface area contributed by atoms with Crippen molar-refractivity contribution in [1.29, 1.82) is 0 Å². The van der Waals surface area contributed by atoms with Gasteiger partial charge in [0.1, 0.15) is 16.3 Å². The monoisotopic (exact) mass is 443 g/mol. The number of thiophene rings is 1. The van der Waals surface area contributed by atoms with Crippen LogP contribution in [0.25, 0.3) is 11.1 Å². The number of carbonyl (C=O) groups excluding carboxylic acids is 2. The number of rotatable bonds is 7. The Morgan fingerprint density at radius 1 is 1.03 bits per heavy atom. The molecule has 0 fully saturated rings. The number of aryl methyl sites for hydroxylation is 2. The van der Waals surface area contributed by atoms with Crippen molar-refractivity contribution in [2.24, 2.45) is 0 Å². The fourth-order valence-electron chi connectivity index (χ4n) is 2.94. The number of carbonyl (C=O) groups is 2. The topological polar surface area (TPSA) is 64.6 Å². The van der Waals surface area contributed by atoms with Gasteiger partial charge < -0.3 is 14.8 Å². The second kappa shape index (κ2) is 9.78. The maximum Gasteiger partial charge on any atom is 0.341 e. The third-order valence-corrected chi connectivity index (χ3v) is 5.61. The third-order valence-electron chi connectivity index (χ3n) is 4.34. The van der Waals surface area contributed by atoms with Gasteiger partial charge in [-0.15, -0.1) is 11.3 Å². The van der Waals surface area contributed by atoms with Gasteiger partial charge in [-0.3, -0.25) is 4.79 Å². The summed E-state index contributed by atoms with van der Waals surface area (Å²) in [5.74, 6) is -0.239. The summed E-state index contributed by atoms with van der Waals surface area (Å²) in [6.07, 6.45) is 0. The average molecular weight is 444 g/mol. The molecule has 0 saturated carbocycles. The minimum Gasteiger partial charge on any atom is -0.484 e. The first-order chi connectivity index (χ1) is 14.4. The summed E-state index contributed by atoms with van der Waals surface area (Å²) in [5.41, 5.74) is 3.00. The zero-order chi connectivity index (χ0) is 21.7. The Balaban J connectivity index is 1.85. The molecule has 1 amide bonds. The molecule has 0 unspecified atom stereocenters. The van der Waals surface area contributed by atoms with Gasteiger partial charge in [-0.05, 0) is 50.6 Å². The van der Waals surface area contributed by atoms with Crippen molar-refractivity contribution in [3.63, 3.8) is 0 Å². The van der Waals surface area contributed by atoms with Gasteiger partial charge in [-0.25, -0.2) is 4.79 Å². The van der Waals surface area contributed by atoms with Crippen LogP contribution in [0.4, 0.5) is 5.00 Å². The molecule has 1 N–H and O–H groups in total. The summed E-state index contributed by atoms with van der Waals surface area (Å²) in [7, 11) is 0. The van der Waals surface area contributed by atoms with E-state index in [0.717, 1.165) is 21.6 Å². The first-order valence-electron chi connectivity index (χ1n) is 9.44. The molecule has 0 aliphatic heterocycles. The molecule has 1 aromatic heterocycles. The van der Waals surface area contributed by atoms with Gasteiger partial charge in [0.05, 0.1) is 6.61 Å². The van der Waals surface area contributed by atoms with Crippen LogP contribution in [-0.4, -0.2) is 25.1 Å². The number of anilines is 1. The van der Waals surface area contributed by atoms with Crippen molar-refractivity contribution >= 4 is 39.8 Å². The van der Waals surface area contributed by atoms with Crippen molar-refractivity contribution in [3.05, 3.63) is 69.6 Å². The standard InChI is InChI=1S/C23H22ClNO4S/c1-4-28-23(27)21-20(16-7-9-17(24)10-8-16)15(3)30-22(21)25-19(26)13-29-18-11-5-14(2)6-12-18/h5-12H,4,13H2,1-3H3,(H,25,26). The lowest BCUT2D eigenvalue weighted by atomic mass is 10.0. The number of hydrogen-bond donors (Lipinski definition) is 1. The largest absolute Gasteiger partial charge is 0.484 e. The summed E-state index contributed by atoms with van der Waals surface area (Å²) in [6.45, 7) is 5.68. The fourth-order valence-corrected chi connectivity index (χ4v) is 4.15. The lowest BCUT2D eigenvalue weighted by Crippen LogP contribution is -2.21. The van der Waals surface area contributed by atoms with E-state index in [9.17, 15) is 9.59 Å². The van der Waals surface area contributed by atoms with E-state index in [-0.39, 0.29) is 19.1 Å². The number of ether oxygens (including phenoxy) is 2. The van der Waals surface area contributed by atoms with Gasteiger partial charge in [0.25, 0.3) is 5.91 Å². The second-order valence-electron chi connectivity index (χ2n) is 6.61. The molecule has 5 nitrogen and oxygen atoms in total. The van der Waals surface area contributed by atoms with Crippen molar-refractivity contribution < 1.29 is 19.1 Å². The molecule has 3 rings (SSSR count). The van der Waals surface area contributed by atoms with Crippen LogP contribution in [0.3, 0.4) is 0 Å². The molecule has 30 heavy (non-hydrogen) atoms. The van der Waals surface area contributed by atoms with Gasteiger partial charge in [-0.2, -0.15) is 0 Å². The molecular weight excluding hydrogens is 422 g/mol. The van der Waals surface area contributed by atoms with E-state index in [1.54, 1.807) is 31.2 Å². The lowest BCUT2D eigenvalue weighted by Gasteiger charge is -2.10. The minimum absolute atomic E-state index is 0.168. The Bertz CT molecular complexity index is 1040. The summed E-state index contributed by atoms with van der Waals surface area (Å²) in [4.78, 5) is 26.1. The maximum absolute atomic E-state index is 12.7. The number of benzene rings is 2. The molecule has 1 heterocycles. The van der Waals surface area contributed by atoms with Gasteiger partial charge in [0.15, 0.2) is 6.61 Å². The quantitative estimate of drug-likeness (QED) is 0.463. The molecule has 0 bridgehead atoms. The molecular formula is C23H22ClNO4S. The van der Waals surface area contributed by atoms with Gasteiger partial charge in [-0.1, -0.05) is 41.4 Å². The van der Waals surface area contributed by atoms with Crippen LogP contribution < -0.4 is 10.1 Å². The van der Waals surface area contributed by atoms with E-state index >= 15 is 0 Å². The molecule has 0 saturated heterocycles.